The normalized spacial score (nSPS) is 10.6. The number of carboxylic acids is 1. The Labute approximate surface area is 76.6 Å². The van der Waals surface area contributed by atoms with Gasteiger partial charge in [-0.3, -0.25) is 4.68 Å². The first kappa shape index (κ1) is 8.42. The van der Waals surface area contributed by atoms with Gasteiger partial charge in [-0.05, 0) is 0 Å². The van der Waals surface area contributed by atoms with Gasteiger partial charge in [0.25, 0.3) is 0 Å². The van der Waals surface area contributed by atoms with Gasteiger partial charge in [-0.15, -0.1) is 0 Å². The summed E-state index contributed by atoms with van der Waals surface area (Å²) in [6, 6.07) is 0. The molecule has 72 valence electrons. The van der Waals surface area contributed by atoms with Crippen LogP contribution in [0.2, 0.25) is 0 Å². The molecule has 1 N–H and O–H groups in total. The highest BCUT2D eigenvalue weighted by Crippen LogP contribution is 2.05. The van der Waals surface area contributed by atoms with Crippen molar-refractivity contribution < 1.29 is 14.3 Å². The fourth-order valence-corrected chi connectivity index (χ4v) is 1.06. The molecular weight excluding hydrogens is 190 g/mol. The van der Waals surface area contributed by atoms with Crippen molar-refractivity contribution in [1.29, 1.82) is 0 Å². The molecule has 7 heteroatoms. The summed E-state index contributed by atoms with van der Waals surface area (Å²) in [6.07, 6.45) is 1.28. The van der Waals surface area contributed by atoms with E-state index in [2.05, 4.69) is 14.5 Å². The first-order valence-electron chi connectivity index (χ1n) is 3.66. The summed E-state index contributed by atoms with van der Waals surface area (Å²) in [4.78, 5) is 25.3. The van der Waals surface area contributed by atoms with E-state index in [-0.39, 0.29) is 11.0 Å². The summed E-state index contributed by atoms with van der Waals surface area (Å²) in [5.74, 6) is -2.02. The Balaban J connectivity index is 2.89. The Morgan fingerprint density at radius 3 is 3.00 bits per heavy atom. The van der Waals surface area contributed by atoms with Crippen LogP contribution in [0.1, 0.15) is 10.7 Å². The Kier molecular flexibility index (Phi) is 1.60. The number of hydrogen-bond donors (Lipinski definition) is 1. The lowest BCUT2D eigenvalue weighted by Gasteiger charge is -1.93. The molecule has 7 nitrogen and oxygen atoms in total. The zero-order valence-electron chi connectivity index (χ0n) is 7.09. The average molecular weight is 195 g/mol. The maximum atomic E-state index is 11.2. The highest BCUT2D eigenvalue weighted by molar-refractivity contribution is 5.84. The number of aromatic carboxylic acids is 1. The van der Waals surface area contributed by atoms with E-state index in [4.69, 9.17) is 5.11 Å². The third-order valence-electron chi connectivity index (χ3n) is 1.71. The number of aryl methyl sites for hydroxylation is 1. The minimum atomic E-state index is -1.38. The van der Waals surface area contributed by atoms with Crippen molar-refractivity contribution in [3.63, 3.8) is 0 Å². The van der Waals surface area contributed by atoms with Gasteiger partial charge in [0, 0.05) is 7.05 Å². The molecule has 0 aliphatic carbocycles. The van der Waals surface area contributed by atoms with Gasteiger partial charge in [-0.25, -0.2) is 9.59 Å². The predicted octanol–water partition coefficient (Wildman–Crippen LogP) is -0.380. The number of rotatable bonds is 1. The summed E-state index contributed by atoms with van der Waals surface area (Å²) in [5.41, 5.74) is -0.556. The predicted molar refractivity (Wildman–Crippen MR) is 44.0 cm³/mol. The molecule has 14 heavy (non-hydrogen) atoms. The molecule has 0 bridgehead atoms. The van der Waals surface area contributed by atoms with Crippen molar-refractivity contribution in [3.8, 4) is 0 Å². The summed E-state index contributed by atoms with van der Waals surface area (Å²) >= 11 is 0. The van der Waals surface area contributed by atoms with Crippen LogP contribution in [0, 0.1) is 0 Å². The van der Waals surface area contributed by atoms with Gasteiger partial charge in [0.05, 0.1) is 6.20 Å². The van der Waals surface area contributed by atoms with Gasteiger partial charge in [0.1, 0.15) is 5.39 Å². The number of aromatic nitrogens is 3. The highest BCUT2D eigenvalue weighted by Gasteiger charge is 2.14. The van der Waals surface area contributed by atoms with Crippen molar-refractivity contribution in [2.24, 2.45) is 7.05 Å². The third-order valence-corrected chi connectivity index (χ3v) is 1.71. The second kappa shape index (κ2) is 2.66. The van der Waals surface area contributed by atoms with E-state index in [0.717, 1.165) is 0 Å². The molecule has 0 aromatic carbocycles. The van der Waals surface area contributed by atoms with Crippen LogP contribution in [-0.2, 0) is 7.05 Å². The SMILES string of the molecule is Cn1ncc2c(=O)oc(C(=O)O)nc21. The molecule has 0 radical (unpaired) electrons. The van der Waals surface area contributed by atoms with Crippen LogP contribution in [0.5, 0.6) is 0 Å². The Bertz CT molecular complexity index is 568. The summed E-state index contributed by atoms with van der Waals surface area (Å²) in [6.45, 7) is 0. The van der Waals surface area contributed by atoms with Gasteiger partial charge < -0.3 is 9.52 Å². The lowest BCUT2D eigenvalue weighted by atomic mass is 10.4. The molecule has 0 amide bonds. The smallest absolute Gasteiger partial charge is 0.392 e. The molecule has 0 atom stereocenters. The van der Waals surface area contributed by atoms with E-state index in [1.807, 2.05) is 0 Å². The maximum absolute atomic E-state index is 11.2. The second-order valence-corrected chi connectivity index (χ2v) is 2.62. The number of nitrogens with zero attached hydrogens (tertiary/aromatic N) is 3. The van der Waals surface area contributed by atoms with Crippen LogP contribution < -0.4 is 5.63 Å². The van der Waals surface area contributed by atoms with Crippen LogP contribution in [0.25, 0.3) is 11.0 Å². The number of hydrogen-bond acceptors (Lipinski definition) is 5. The number of carboxylic acid groups (broad SMARTS) is 1. The van der Waals surface area contributed by atoms with E-state index in [1.165, 1.54) is 10.9 Å². The number of fused-ring (bicyclic) bond motifs is 1. The van der Waals surface area contributed by atoms with Gasteiger partial charge in [0.15, 0.2) is 5.65 Å². The Hall–Kier alpha value is -2.18. The minimum Gasteiger partial charge on any atom is -0.474 e. The van der Waals surface area contributed by atoms with Gasteiger partial charge in [-0.1, -0.05) is 0 Å². The molecular formula is C7H5N3O4. The zero-order valence-corrected chi connectivity index (χ0v) is 7.09. The van der Waals surface area contributed by atoms with Gasteiger partial charge in [-0.2, -0.15) is 10.1 Å². The quantitative estimate of drug-likeness (QED) is 0.665. The van der Waals surface area contributed by atoms with E-state index in [1.54, 1.807) is 7.05 Å². The van der Waals surface area contributed by atoms with E-state index in [0.29, 0.717) is 0 Å². The van der Waals surface area contributed by atoms with Crippen molar-refractivity contribution in [2.75, 3.05) is 0 Å². The molecule has 0 saturated carbocycles. The Morgan fingerprint density at radius 1 is 1.64 bits per heavy atom. The van der Waals surface area contributed by atoms with Crippen molar-refractivity contribution in [2.45, 2.75) is 0 Å². The second-order valence-electron chi connectivity index (χ2n) is 2.62. The summed E-state index contributed by atoms with van der Waals surface area (Å²) in [5, 5.41) is 12.5. The van der Waals surface area contributed by atoms with Crippen molar-refractivity contribution in [1.82, 2.24) is 14.8 Å². The van der Waals surface area contributed by atoms with Crippen LogP contribution >= 0.6 is 0 Å². The first-order chi connectivity index (χ1) is 6.59. The van der Waals surface area contributed by atoms with E-state index >= 15 is 0 Å². The largest absolute Gasteiger partial charge is 0.474 e. The van der Waals surface area contributed by atoms with Crippen LogP contribution in [0.15, 0.2) is 15.4 Å². The number of carbonyl (C=O) groups is 1. The first-order valence-corrected chi connectivity index (χ1v) is 3.66. The van der Waals surface area contributed by atoms with Crippen molar-refractivity contribution >= 4 is 17.0 Å². The summed E-state index contributed by atoms with van der Waals surface area (Å²) < 4.78 is 5.75. The van der Waals surface area contributed by atoms with E-state index in [9.17, 15) is 9.59 Å². The van der Waals surface area contributed by atoms with Crippen molar-refractivity contribution in [3.05, 3.63) is 22.5 Å². The molecule has 2 aromatic rings. The minimum absolute atomic E-state index is 0.164. The topological polar surface area (TPSA) is 98.2 Å². The molecule has 0 fully saturated rings. The molecule has 0 aliphatic heterocycles. The molecule has 0 spiro atoms. The average Bonchev–Trinajstić information content (AvgIpc) is 2.48. The molecule has 2 heterocycles. The molecule has 0 unspecified atom stereocenters. The fourth-order valence-electron chi connectivity index (χ4n) is 1.06. The lowest BCUT2D eigenvalue weighted by molar-refractivity contribution is 0.0647. The molecule has 0 saturated heterocycles. The van der Waals surface area contributed by atoms with Gasteiger partial charge >= 0.3 is 17.5 Å². The highest BCUT2D eigenvalue weighted by atomic mass is 16.4. The van der Waals surface area contributed by atoms with Crippen LogP contribution in [0.3, 0.4) is 0 Å². The van der Waals surface area contributed by atoms with Gasteiger partial charge in [0.2, 0.25) is 0 Å². The summed E-state index contributed by atoms with van der Waals surface area (Å²) in [7, 11) is 1.56. The zero-order chi connectivity index (χ0) is 10.3. The molecule has 2 rings (SSSR count). The third kappa shape index (κ3) is 1.06. The van der Waals surface area contributed by atoms with Crippen LogP contribution in [-0.4, -0.2) is 25.8 Å². The maximum Gasteiger partial charge on any atom is 0.392 e. The fraction of sp³-hybridized carbons (Fsp3) is 0.143. The van der Waals surface area contributed by atoms with E-state index < -0.39 is 17.5 Å². The van der Waals surface area contributed by atoms with Crippen LogP contribution in [0.4, 0.5) is 0 Å². The Morgan fingerprint density at radius 2 is 2.36 bits per heavy atom. The molecule has 0 aliphatic rings. The monoisotopic (exact) mass is 195 g/mol. The standard InChI is InChI=1S/C7H5N3O4/c1-10-4-3(2-8-10)7(13)14-5(9-4)6(11)12/h2H,1H3,(H,11,12). The molecule has 2 aromatic heterocycles. The lowest BCUT2D eigenvalue weighted by Crippen LogP contribution is -2.09.